The third kappa shape index (κ3) is 6.48. The molecule has 0 amide bonds. The topological polar surface area (TPSA) is 144 Å². The lowest BCUT2D eigenvalue weighted by atomic mass is 10.1. The van der Waals surface area contributed by atoms with E-state index in [9.17, 15) is 21.6 Å². The molecule has 3 aromatic carbocycles. The first-order chi connectivity index (χ1) is 19.9. The van der Waals surface area contributed by atoms with Crippen LogP contribution in [0.25, 0.3) is 22.8 Å². The van der Waals surface area contributed by atoms with Gasteiger partial charge in [-0.3, -0.25) is 4.72 Å². The van der Waals surface area contributed by atoms with Gasteiger partial charge in [-0.15, -0.1) is 11.3 Å². The molecule has 0 bridgehead atoms. The Hall–Kier alpha value is -4.60. The number of nitrogens with zero attached hydrogens (tertiary/aromatic N) is 2. The van der Waals surface area contributed by atoms with E-state index in [1.807, 2.05) is 42.5 Å². The van der Waals surface area contributed by atoms with E-state index in [2.05, 4.69) is 20.2 Å². The molecule has 2 aromatic heterocycles. The minimum atomic E-state index is -5.08. The average Bonchev–Trinajstić information content (AvgIpc) is 3.62. The van der Waals surface area contributed by atoms with Crippen molar-refractivity contribution in [3.8, 4) is 34.3 Å². The molecule has 3 N–H and O–H groups in total. The van der Waals surface area contributed by atoms with Crippen LogP contribution in [-0.4, -0.2) is 35.8 Å². The van der Waals surface area contributed by atoms with Gasteiger partial charge in [0.2, 0.25) is 5.82 Å². The summed E-state index contributed by atoms with van der Waals surface area (Å²) in [5.74, 6) is -0.640. The van der Waals surface area contributed by atoms with Gasteiger partial charge >= 0.3 is 12.1 Å². The summed E-state index contributed by atoms with van der Waals surface area (Å²) in [5, 5.41) is 14.6. The van der Waals surface area contributed by atoms with Gasteiger partial charge in [-0.2, -0.15) is 18.2 Å². The number of rotatable bonds is 5. The zero-order valence-electron chi connectivity index (χ0n) is 20.7. The summed E-state index contributed by atoms with van der Waals surface area (Å²) in [7, 11) is -3.71. The number of nitrogens with one attached hydrogen (secondary N) is 2. The average molecular weight is 637 g/mol. The van der Waals surface area contributed by atoms with Gasteiger partial charge < -0.3 is 19.7 Å². The summed E-state index contributed by atoms with van der Waals surface area (Å²) in [6.07, 6.45) is -5.08. The molecule has 5 aromatic rings. The minimum absolute atomic E-state index is 0.140. The first kappa shape index (κ1) is 28.9. The van der Waals surface area contributed by atoms with E-state index in [1.54, 1.807) is 30.3 Å². The molecule has 6 rings (SSSR count). The fourth-order valence-corrected chi connectivity index (χ4v) is 6.10. The predicted octanol–water partition coefficient (Wildman–Crippen LogP) is 7.40. The highest BCUT2D eigenvalue weighted by Crippen LogP contribution is 2.43. The number of hydrogen-bond donors (Lipinski definition) is 3. The van der Waals surface area contributed by atoms with Crippen molar-refractivity contribution in [3.63, 3.8) is 0 Å². The number of aliphatic carboxylic acids is 1. The van der Waals surface area contributed by atoms with Crippen LogP contribution in [0.5, 0.6) is 11.5 Å². The van der Waals surface area contributed by atoms with E-state index in [0.717, 1.165) is 34.0 Å². The molecule has 0 aliphatic carbocycles. The third-order valence-electron chi connectivity index (χ3n) is 5.48. The molecule has 3 heterocycles. The monoisotopic (exact) mass is 636 g/mol. The molecule has 0 atom stereocenters. The second kappa shape index (κ2) is 11.3. The first-order valence-electron chi connectivity index (χ1n) is 11.6. The molecule has 0 unspecified atom stereocenters. The van der Waals surface area contributed by atoms with Crippen LogP contribution < -0.4 is 14.8 Å². The van der Waals surface area contributed by atoms with Crippen LogP contribution in [-0.2, 0) is 14.8 Å². The number of benzene rings is 3. The zero-order chi connectivity index (χ0) is 30.1. The maximum atomic E-state index is 12.5. The quantitative estimate of drug-likeness (QED) is 0.176. The second-order valence-electron chi connectivity index (χ2n) is 8.40. The Bertz CT molecular complexity index is 1880. The number of carboxylic acids is 1. The van der Waals surface area contributed by atoms with E-state index in [4.69, 9.17) is 30.8 Å². The number of carboxylic acid groups (broad SMARTS) is 1. The number of thiophene rings is 1. The molecule has 0 saturated carbocycles. The Balaban J connectivity index is 0.000000451. The van der Waals surface area contributed by atoms with Gasteiger partial charge in [-0.1, -0.05) is 28.9 Å². The van der Waals surface area contributed by atoms with Gasteiger partial charge in [0.15, 0.2) is 11.5 Å². The SMILES string of the molecule is O=C(O)C(F)(F)F.O=S(=O)(Nc1ccc(-c2nc(-c3ccc4c(c3)Oc3ccccc3N4)no2)cc1)c1ccc(Cl)s1. The maximum absolute atomic E-state index is 12.5. The summed E-state index contributed by atoms with van der Waals surface area (Å²) < 4.78 is 71.2. The highest BCUT2D eigenvalue weighted by atomic mass is 35.5. The number of para-hydroxylation sites is 2. The number of hydrogen-bond acceptors (Lipinski definition) is 9. The van der Waals surface area contributed by atoms with E-state index in [-0.39, 0.29) is 4.21 Å². The molecule has 0 spiro atoms. The Labute approximate surface area is 244 Å². The molecule has 0 saturated heterocycles. The van der Waals surface area contributed by atoms with Gasteiger partial charge in [0.25, 0.3) is 15.9 Å². The van der Waals surface area contributed by atoms with Gasteiger partial charge in [0.1, 0.15) is 4.21 Å². The van der Waals surface area contributed by atoms with Crippen LogP contribution in [0, 0.1) is 0 Å². The number of sulfonamides is 1. The number of halogens is 4. The Morgan fingerprint density at radius 2 is 1.62 bits per heavy atom. The van der Waals surface area contributed by atoms with Crippen LogP contribution in [0.3, 0.4) is 0 Å². The van der Waals surface area contributed by atoms with Gasteiger partial charge in [-0.05, 0) is 66.7 Å². The van der Waals surface area contributed by atoms with Crippen molar-refractivity contribution in [2.45, 2.75) is 10.4 Å². The van der Waals surface area contributed by atoms with E-state index in [0.29, 0.717) is 33.1 Å². The third-order valence-corrected chi connectivity index (χ3v) is 8.59. The molecular formula is C26H16ClF3N4O6S2. The Morgan fingerprint density at radius 3 is 2.29 bits per heavy atom. The summed E-state index contributed by atoms with van der Waals surface area (Å²) in [6.45, 7) is 0. The number of anilines is 3. The fourth-order valence-electron chi connectivity index (χ4n) is 3.56. The van der Waals surface area contributed by atoms with Crippen molar-refractivity contribution < 1.29 is 40.8 Å². The lowest BCUT2D eigenvalue weighted by Gasteiger charge is -2.21. The maximum Gasteiger partial charge on any atom is 0.490 e. The van der Waals surface area contributed by atoms with Crippen LogP contribution in [0.15, 0.2) is 87.6 Å². The largest absolute Gasteiger partial charge is 0.490 e. The summed E-state index contributed by atoms with van der Waals surface area (Å²) in [4.78, 5) is 13.4. The molecule has 16 heteroatoms. The molecular weight excluding hydrogens is 621 g/mol. The van der Waals surface area contributed by atoms with E-state index >= 15 is 0 Å². The molecule has 1 aliphatic heterocycles. The van der Waals surface area contributed by atoms with Gasteiger partial charge in [0, 0.05) is 16.8 Å². The standard InChI is InChI=1S/C24H15ClN4O4S2.C2HF3O2/c25-21-11-12-22(34-21)35(30,31)29-16-8-5-14(6-9-16)24-27-23(28-33-24)15-7-10-18-20(13-15)32-19-4-2-1-3-17(19)26-18;3-2(4,5)1(6)7/h1-13,26,29H;(H,6,7). The zero-order valence-corrected chi connectivity index (χ0v) is 23.1. The predicted molar refractivity (Wildman–Crippen MR) is 149 cm³/mol. The normalized spacial score (nSPS) is 12.1. The van der Waals surface area contributed by atoms with Crippen LogP contribution in [0.4, 0.5) is 30.2 Å². The lowest BCUT2D eigenvalue weighted by Crippen LogP contribution is -2.21. The van der Waals surface area contributed by atoms with Gasteiger partial charge in [-0.25, -0.2) is 13.2 Å². The lowest BCUT2D eigenvalue weighted by molar-refractivity contribution is -0.192. The van der Waals surface area contributed by atoms with E-state index in [1.165, 1.54) is 6.07 Å². The summed E-state index contributed by atoms with van der Waals surface area (Å²) in [6, 6.07) is 23.0. The van der Waals surface area contributed by atoms with Crippen molar-refractivity contribution in [2.24, 2.45) is 0 Å². The van der Waals surface area contributed by atoms with Crippen molar-refractivity contribution in [1.29, 1.82) is 0 Å². The van der Waals surface area contributed by atoms with Crippen molar-refractivity contribution >= 4 is 56.0 Å². The van der Waals surface area contributed by atoms with Crippen molar-refractivity contribution in [1.82, 2.24) is 10.1 Å². The molecule has 0 radical (unpaired) electrons. The molecule has 216 valence electrons. The van der Waals surface area contributed by atoms with Crippen molar-refractivity contribution in [3.05, 3.63) is 83.2 Å². The Kier molecular flexibility index (Phi) is 7.81. The summed E-state index contributed by atoms with van der Waals surface area (Å²) in [5.41, 5.74) is 3.53. The minimum Gasteiger partial charge on any atom is -0.475 e. The highest BCUT2D eigenvalue weighted by molar-refractivity contribution is 7.94. The number of alkyl halides is 3. The van der Waals surface area contributed by atoms with E-state index < -0.39 is 22.2 Å². The second-order valence-corrected chi connectivity index (χ2v) is 12.0. The molecule has 42 heavy (non-hydrogen) atoms. The van der Waals surface area contributed by atoms with Crippen LogP contribution in [0.2, 0.25) is 4.34 Å². The first-order valence-corrected chi connectivity index (χ1v) is 14.3. The number of ether oxygens (including phenoxy) is 1. The van der Waals surface area contributed by atoms with Crippen LogP contribution in [0.1, 0.15) is 0 Å². The summed E-state index contributed by atoms with van der Waals surface area (Å²) >= 11 is 6.84. The number of aromatic nitrogens is 2. The number of fused-ring (bicyclic) bond motifs is 2. The van der Waals surface area contributed by atoms with Gasteiger partial charge in [0.05, 0.1) is 15.7 Å². The molecule has 0 fully saturated rings. The smallest absolute Gasteiger partial charge is 0.475 e. The Morgan fingerprint density at radius 1 is 0.952 bits per heavy atom. The van der Waals surface area contributed by atoms with Crippen molar-refractivity contribution in [2.75, 3.05) is 10.0 Å². The van der Waals surface area contributed by atoms with Crippen LogP contribution >= 0.6 is 22.9 Å². The fraction of sp³-hybridized carbons (Fsp3) is 0.0385. The number of carbonyl (C=O) groups is 1. The molecule has 1 aliphatic rings. The molecule has 10 nitrogen and oxygen atoms in total. The highest BCUT2D eigenvalue weighted by Gasteiger charge is 2.38.